The van der Waals surface area contributed by atoms with Crippen LogP contribution in [0.1, 0.15) is 10.4 Å². The van der Waals surface area contributed by atoms with E-state index in [0.29, 0.717) is 42.0 Å². The van der Waals surface area contributed by atoms with Crippen molar-refractivity contribution in [3.05, 3.63) is 70.6 Å². The molecule has 0 bridgehead atoms. The minimum atomic E-state index is -0.403. The Morgan fingerprint density at radius 3 is 2.62 bits per heavy atom. The van der Waals surface area contributed by atoms with Crippen LogP contribution in [0.5, 0.6) is 0 Å². The molecule has 150 valence electrons. The summed E-state index contributed by atoms with van der Waals surface area (Å²) in [6, 6.07) is 16.4. The van der Waals surface area contributed by atoms with Gasteiger partial charge in [-0.2, -0.15) is 0 Å². The monoisotopic (exact) mass is 392 g/mol. The molecular weight excluding hydrogens is 368 g/mol. The summed E-state index contributed by atoms with van der Waals surface area (Å²) in [5.41, 5.74) is 1.89. The van der Waals surface area contributed by atoms with Gasteiger partial charge in [0.2, 0.25) is 0 Å². The Labute approximate surface area is 169 Å². The van der Waals surface area contributed by atoms with E-state index in [0.717, 1.165) is 25.0 Å². The summed E-state index contributed by atoms with van der Waals surface area (Å²) in [4.78, 5) is 29.6. The van der Waals surface area contributed by atoms with Crippen LogP contribution in [0, 0.1) is 0 Å². The Morgan fingerprint density at radius 2 is 1.83 bits per heavy atom. The zero-order valence-corrected chi connectivity index (χ0v) is 16.5. The lowest BCUT2D eigenvalue weighted by molar-refractivity contribution is 0.0594. The van der Waals surface area contributed by atoms with E-state index >= 15 is 0 Å². The van der Waals surface area contributed by atoms with Gasteiger partial charge in [0, 0.05) is 50.8 Å². The number of amides is 1. The molecule has 2 heterocycles. The molecule has 0 aliphatic carbocycles. The smallest absolute Gasteiger partial charge is 0.344 e. The average molecular weight is 392 g/mol. The van der Waals surface area contributed by atoms with Crippen molar-refractivity contribution in [1.29, 1.82) is 0 Å². The lowest BCUT2D eigenvalue weighted by Gasteiger charge is -2.34. The number of carbonyl (C=O) groups excluding carboxylic acids is 1. The molecule has 1 aromatic heterocycles. The fourth-order valence-corrected chi connectivity index (χ4v) is 3.66. The Balaban J connectivity index is 1.54. The van der Waals surface area contributed by atoms with Crippen molar-refractivity contribution in [2.24, 2.45) is 0 Å². The first-order chi connectivity index (χ1) is 14.2. The molecule has 1 fully saturated rings. The molecule has 0 N–H and O–H groups in total. The molecule has 6 nitrogen and oxygen atoms in total. The molecule has 1 aliphatic rings. The third-order valence-electron chi connectivity index (χ3n) is 5.33. The second-order valence-corrected chi connectivity index (χ2v) is 7.19. The maximum Gasteiger partial charge on any atom is 0.344 e. The van der Waals surface area contributed by atoms with Crippen LogP contribution in [0.3, 0.4) is 0 Å². The molecule has 3 aromatic rings. The number of hydrogen-bond donors (Lipinski definition) is 0. The molecule has 0 spiro atoms. The van der Waals surface area contributed by atoms with E-state index in [1.807, 2.05) is 41.3 Å². The second-order valence-electron chi connectivity index (χ2n) is 7.19. The van der Waals surface area contributed by atoms with Crippen LogP contribution >= 0.6 is 0 Å². The maximum atomic E-state index is 13.0. The third-order valence-corrected chi connectivity index (χ3v) is 5.33. The number of methoxy groups -OCH3 is 1. The van der Waals surface area contributed by atoms with E-state index < -0.39 is 5.63 Å². The van der Waals surface area contributed by atoms with Gasteiger partial charge in [-0.1, -0.05) is 30.3 Å². The number of benzene rings is 2. The average Bonchev–Trinajstić information content (AvgIpc) is 2.77. The molecular formula is C23H24N2O4. The largest absolute Gasteiger partial charge is 0.422 e. The molecule has 1 aliphatic heterocycles. The summed E-state index contributed by atoms with van der Waals surface area (Å²) < 4.78 is 10.6. The fourth-order valence-electron chi connectivity index (χ4n) is 3.66. The van der Waals surface area contributed by atoms with E-state index in [1.54, 1.807) is 25.3 Å². The highest BCUT2D eigenvalue weighted by Gasteiger charge is 2.22. The van der Waals surface area contributed by atoms with Crippen molar-refractivity contribution in [3.63, 3.8) is 0 Å². The van der Waals surface area contributed by atoms with Gasteiger partial charge in [-0.15, -0.1) is 0 Å². The number of carbonyl (C=O) groups is 1. The van der Waals surface area contributed by atoms with Crippen LogP contribution in [0.15, 0.2) is 63.8 Å². The van der Waals surface area contributed by atoms with Crippen molar-refractivity contribution < 1.29 is 13.9 Å². The van der Waals surface area contributed by atoms with Gasteiger partial charge >= 0.3 is 5.63 Å². The highest BCUT2D eigenvalue weighted by molar-refractivity contribution is 5.95. The summed E-state index contributed by atoms with van der Waals surface area (Å²) in [5.74, 6) is -0.0107. The predicted octanol–water partition coefficient (Wildman–Crippen LogP) is 2.86. The highest BCUT2D eigenvalue weighted by atomic mass is 16.5. The molecule has 6 heteroatoms. The summed E-state index contributed by atoms with van der Waals surface area (Å²) >= 11 is 0. The molecule has 4 rings (SSSR count). The van der Waals surface area contributed by atoms with E-state index in [4.69, 9.17) is 9.15 Å². The first-order valence-corrected chi connectivity index (χ1v) is 9.79. The van der Waals surface area contributed by atoms with Crippen molar-refractivity contribution in [3.8, 4) is 11.1 Å². The number of ether oxygens (including phenoxy) is 1. The number of hydrogen-bond acceptors (Lipinski definition) is 5. The molecule has 0 atom stereocenters. The summed E-state index contributed by atoms with van der Waals surface area (Å²) in [6.45, 7) is 4.62. The third kappa shape index (κ3) is 4.23. The molecule has 0 saturated carbocycles. The van der Waals surface area contributed by atoms with E-state index in [9.17, 15) is 9.59 Å². The minimum Gasteiger partial charge on any atom is -0.422 e. The van der Waals surface area contributed by atoms with Crippen molar-refractivity contribution >= 4 is 16.9 Å². The summed E-state index contributed by atoms with van der Waals surface area (Å²) in [6.07, 6.45) is 0. The van der Waals surface area contributed by atoms with Crippen LogP contribution in [-0.4, -0.2) is 62.1 Å². The molecule has 2 aromatic carbocycles. The lowest BCUT2D eigenvalue weighted by Crippen LogP contribution is -2.49. The SMILES string of the molecule is COCCN1CCN(C(=O)c2cccc(-c3cc4ccccc4oc3=O)c2)CC1. The van der Waals surface area contributed by atoms with Crippen LogP contribution in [0.25, 0.3) is 22.1 Å². The van der Waals surface area contributed by atoms with Crippen LogP contribution in [0.2, 0.25) is 0 Å². The van der Waals surface area contributed by atoms with Gasteiger partial charge < -0.3 is 14.1 Å². The van der Waals surface area contributed by atoms with Crippen molar-refractivity contribution in [1.82, 2.24) is 9.80 Å². The van der Waals surface area contributed by atoms with Crippen molar-refractivity contribution in [2.45, 2.75) is 0 Å². The topological polar surface area (TPSA) is 63.0 Å². The Kier molecular flexibility index (Phi) is 5.74. The molecule has 0 unspecified atom stereocenters. The molecule has 1 amide bonds. The van der Waals surface area contributed by atoms with Crippen LogP contribution in [0.4, 0.5) is 0 Å². The lowest BCUT2D eigenvalue weighted by atomic mass is 10.0. The van der Waals surface area contributed by atoms with Gasteiger partial charge in [0.25, 0.3) is 5.91 Å². The van der Waals surface area contributed by atoms with Crippen molar-refractivity contribution in [2.75, 3.05) is 46.4 Å². The number of fused-ring (bicyclic) bond motifs is 1. The maximum absolute atomic E-state index is 13.0. The standard InChI is InChI=1S/C23H24N2O4/c1-28-14-13-24-9-11-25(12-10-24)22(26)19-7-4-6-17(15-19)20-16-18-5-2-3-8-21(18)29-23(20)27/h2-8,15-16H,9-14H2,1H3. The second kappa shape index (κ2) is 8.59. The van der Waals surface area contributed by atoms with E-state index in [1.165, 1.54) is 0 Å². The first-order valence-electron chi connectivity index (χ1n) is 9.79. The Hall–Kier alpha value is -2.96. The van der Waals surface area contributed by atoms with Gasteiger partial charge in [0.1, 0.15) is 5.58 Å². The minimum absolute atomic E-state index is 0.0107. The fraction of sp³-hybridized carbons (Fsp3) is 0.304. The van der Waals surface area contributed by atoms with E-state index in [-0.39, 0.29) is 5.91 Å². The quantitative estimate of drug-likeness (QED) is 0.625. The molecule has 29 heavy (non-hydrogen) atoms. The highest BCUT2D eigenvalue weighted by Crippen LogP contribution is 2.22. The number of rotatable bonds is 5. The van der Waals surface area contributed by atoms with Gasteiger partial charge in [0.05, 0.1) is 12.2 Å². The van der Waals surface area contributed by atoms with Gasteiger partial charge in [-0.25, -0.2) is 4.79 Å². The molecule has 1 saturated heterocycles. The van der Waals surface area contributed by atoms with Gasteiger partial charge in [0.15, 0.2) is 0 Å². The zero-order chi connectivity index (χ0) is 20.2. The van der Waals surface area contributed by atoms with Gasteiger partial charge in [-0.05, 0) is 29.8 Å². The summed E-state index contributed by atoms with van der Waals surface area (Å²) in [5, 5.41) is 0.853. The number of nitrogens with zero attached hydrogens (tertiary/aromatic N) is 2. The normalized spacial score (nSPS) is 15.0. The molecule has 0 radical (unpaired) electrons. The predicted molar refractivity (Wildman–Crippen MR) is 112 cm³/mol. The Bertz CT molecular complexity index is 1070. The Morgan fingerprint density at radius 1 is 1.03 bits per heavy atom. The number of piperazine rings is 1. The first kappa shape index (κ1) is 19.4. The number of para-hydroxylation sites is 1. The zero-order valence-electron chi connectivity index (χ0n) is 16.5. The van der Waals surface area contributed by atoms with Crippen LogP contribution in [-0.2, 0) is 4.74 Å². The summed E-state index contributed by atoms with van der Waals surface area (Å²) in [7, 11) is 1.70. The van der Waals surface area contributed by atoms with Crippen LogP contribution < -0.4 is 5.63 Å². The van der Waals surface area contributed by atoms with E-state index in [2.05, 4.69) is 4.90 Å². The van der Waals surface area contributed by atoms with Gasteiger partial charge in [-0.3, -0.25) is 9.69 Å².